The lowest BCUT2D eigenvalue weighted by Gasteiger charge is -2.18. The first-order valence-corrected chi connectivity index (χ1v) is 11.7. The molecule has 10 heteroatoms. The Bertz CT molecular complexity index is 1080. The molecule has 2 aromatic rings. The first-order chi connectivity index (χ1) is 13.8. The van der Waals surface area contributed by atoms with E-state index in [4.69, 9.17) is 26.5 Å². The first kappa shape index (κ1) is 20.3. The van der Waals surface area contributed by atoms with E-state index < -0.39 is 10.0 Å². The third kappa shape index (κ3) is 4.46. The van der Waals surface area contributed by atoms with Crippen LogP contribution in [0.25, 0.3) is 17.4 Å². The van der Waals surface area contributed by atoms with Crippen LogP contribution < -0.4 is 5.14 Å². The van der Waals surface area contributed by atoms with Gasteiger partial charge in [-0.1, -0.05) is 24.0 Å². The van der Waals surface area contributed by atoms with Gasteiger partial charge in [0.2, 0.25) is 10.0 Å². The SMILES string of the molecule is NS(=O)(=O)c1ccc(-c2ccc(/C=C3\SC(=S)N(CC4CCCO4)C3=O)o2)cc1. The minimum Gasteiger partial charge on any atom is -0.457 e. The summed E-state index contributed by atoms with van der Waals surface area (Å²) < 4.78 is 34.6. The molecule has 1 unspecified atom stereocenters. The predicted octanol–water partition coefficient (Wildman–Crippen LogP) is 2.97. The predicted molar refractivity (Wildman–Crippen MR) is 114 cm³/mol. The maximum atomic E-state index is 12.7. The van der Waals surface area contributed by atoms with Crippen molar-refractivity contribution in [2.75, 3.05) is 13.2 Å². The molecular weight excluding hydrogens is 432 g/mol. The van der Waals surface area contributed by atoms with Gasteiger partial charge >= 0.3 is 0 Å². The topological polar surface area (TPSA) is 103 Å². The maximum Gasteiger partial charge on any atom is 0.266 e. The highest BCUT2D eigenvalue weighted by atomic mass is 32.2. The van der Waals surface area contributed by atoms with Gasteiger partial charge in [0.15, 0.2) is 0 Å². The van der Waals surface area contributed by atoms with Crippen LogP contribution in [-0.4, -0.2) is 42.8 Å². The molecule has 0 bridgehead atoms. The summed E-state index contributed by atoms with van der Waals surface area (Å²) in [6, 6.07) is 9.57. The standard InChI is InChI=1S/C19H18N2O5S3/c20-29(23,24)15-6-3-12(4-7-15)16-8-5-13(26-16)10-17-18(22)21(19(27)28-17)11-14-2-1-9-25-14/h3-8,10,14H,1-2,9,11H2,(H2,20,23,24)/b17-10-. The van der Waals surface area contributed by atoms with Gasteiger partial charge in [0, 0.05) is 18.2 Å². The van der Waals surface area contributed by atoms with Crippen LogP contribution in [-0.2, 0) is 19.6 Å². The van der Waals surface area contributed by atoms with Gasteiger partial charge in [-0.3, -0.25) is 9.69 Å². The number of thioether (sulfide) groups is 1. The molecule has 2 N–H and O–H groups in total. The van der Waals surface area contributed by atoms with Crippen LogP contribution in [0.1, 0.15) is 18.6 Å². The van der Waals surface area contributed by atoms with Crippen molar-refractivity contribution in [2.45, 2.75) is 23.8 Å². The van der Waals surface area contributed by atoms with Crippen molar-refractivity contribution in [1.82, 2.24) is 4.90 Å². The number of benzene rings is 1. The molecule has 1 aromatic carbocycles. The van der Waals surface area contributed by atoms with E-state index in [1.807, 2.05) is 0 Å². The number of amides is 1. The molecule has 29 heavy (non-hydrogen) atoms. The van der Waals surface area contributed by atoms with E-state index in [0.717, 1.165) is 19.4 Å². The number of carbonyl (C=O) groups excluding carboxylic acids is 1. The van der Waals surface area contributed by atoms with Gasteiger partial charge in [0.05, 0.1) is 22.4 Å². The van der Waals surface area contributed by atoms with E-state index in [-0.39, 0.29) is 16.9 Å². The molecule has 0 spiro atoms. The van der Waals surface area contributed by atoms with Gasteiger partial charge in [0.1, 0.15) is 15.8 Å². The van der Waals surface area contributed by atoms with Crippen LogP contribution in [0.5, 0.6) is 0 Å². The normalized spacial score (nSPS) is 21.5. The lowest BCUT2D eigenvalue weighted by Crippen LogP contribution is -2.35. The molecule has 2 aliphatic rings. The number of primary sulfonamides is 1. The zero-order valence-electron chi connectivity index (χ0n) is 15.2. The fourth-order valence-corrected chi connectivity index (χ4v) is 4.94. The Hall–Kier alpha value is -1.98. The van der Waals surface area contributed by atoms with E-state index in [9.17, 15) is 13.2 Å². The fraction of sp³-hybridized carbons (Fsp3) is 0.263. The van der Waals surface area contributed by atoms with Gasteiger partial charge in [-0.15, -0.1) is 0 Å². The van der Waals surface area contributed by atoms with E-state index in [2.05, 4.69) is 0 Å². The van der Waals surface area contributed by atoms with Crippen LogP contribution in [0.4, 0.5) is 0 Å². The summed E-state index contributed by atoms with van der Waals surface area (Å²) >= 11 is 6.59. The molecule has 2 aliphatic heterocycles. The van der Waals surface area contributed by atoms with Crippen LogP contribution in [0.15, 0.2) is 50.6 Å². The van der Waals surface area contributed by atoms with E-state index in [0.29, 0.717) is 32.9 Å². The third-order valence-corrected chi connectivity index (χ3v) is 6.96. The molecule has 1 atom stereocenters. The Labute approximate surface area is 177 Å². The lowest BCUT2D eigenvalue weighted by molar-refractivity contribution is -0.123. The molecule has 3 heterocycles. The van der Waals surface area contributed by atoms with E-state index in [1.165, 1.54) is 23.9 Å². The number of sulfonamides is 1. The number of carbonyl (C=O) groups is 1. The Kier molecular flexibility index (Phi) is 5.63. The molecule has 1 aromatic heterocycles. The number of hydrogen-bond acceptors (Lipinski definition) is 7. The molecule has 2 saturated heterocycles. The number of hydrogen-bond donors (Lipinski definition) is 1. The summed E-state index contributed by atoms with van der Waals surface area (Å²) in [5, 5.41) is 5.11. The van der Waals surface area contributed by atoms with Crippen molar-refractivity contribution in [3.8, 4) is 11.3 Å². The zero-order chi connectivity index (χ0) is 20.6. The Morgan fingerprint density at radius 2 is 2.00 bits per heavy atom. The first-order valence-electron chi connectivity index (χ1n) is 8.91. The largest absolute Gasteiger partial charge is 0.457 e. The van der Waals surface area contributed by atoms with Crippen molar-refractivity contribution in [3.63, 3.8) is 0 Å². The Morgan fingerprint density at radius 1 is 1.24 bits per heavy atom. The molecule has 0 saturated carbocycles. The second kappa shape index (κ2) is 8.04. The second-order valence-electron chi connectivity index (χ2n) is 6.70. The number of thiocarbonyl (C=S) groups is 1. The summed E-state index contributed by atoms with van der Waals surface area (Å²) in [6.45, 7) is 1.20. The molecule has 0 radical (unpaired) electrons. The minimum absolute atomic E-state index is 0.0305. The highest BCUT2D eigenvalue weighted by Gasteiger charge is 2.34. The van der Waals surface area contributed by atoms with Crippen molar-refractivity contribution in [2.24, 2.45) is 5.14 Å². The van der Waals surface area contributed by atoms with Crippen molar-refractivity contribution < 1.29 is 22.4 Å². The maximum absolute atomic E-state index is 12.7. The summed E-state index contributed by atoms with van der Waals surface area (Å²) in [5.74, 6) is 0.908. The van der Waals surface area contributed by atoms with Crippen molar-refractivity contribution >= 4 is 50.3 Å². The summed E-state index contributed by atoms with van der Waals surface area (Å²) in [4.78, 5) is 14.8. The van der Waals surface area contributed by atoms with Gasteiger partial charge in [-0.2, -0.15) is 0 Å². The monoisotopic (exact) mass is 450 g/mol. The molecule has 152 valence electrons. The van der Waals surface area contributed by atoms with Crippen molar-refractivity contribution in [1.29, 1.82) is 0 Å². The minimum atomic E-state index is -3.74. The van der Waals surface area contributed by atoms with Crippen LogP contribution in [0, 0.1) is 0 Å². The zero-order valence-corrected chi connectivity index (χ0v) is 17.7. The van der Waals surface area contributed by atoms with Gasteiger partial charge < -0.3 is 9.15 Å². The van der Waals surface area contributed by atoms with Gasteiger partial charge in [-0.05, 0) is 49.2 Å². The number of ether oxygens (including phenoxy) is 1. The Balaban J connectivity index is 1.50. The van der Waals surface area contributed by atoms with Crippen LogP contribution in [0.2, 0.25) is 0 Å². The van der Waals surface area contributed by atoms with Gasteiger partial charge in [0.25, 0.3) is 5.91 Å². The molecule has 1 amide bonds. The number of furan rings is 1. The highest BCUT2D eigenvalue weighted by Crippen LogP contribution is 2.34. The molecule has 4 rings (SSSR count). The average molecular weight is 451 g/mol. The smallest absolute Gasteiger partial charge is 0.266 e. The average Bonchev–Trinajstić information content (AvgIpc) is 3.40. The van der Waals surface area contributed by atoms with Gasteiger partial charge in [-0.25, -0.2) is 13.6 Å². The quantitative estimate of drug-likeness (QED) is 0.552. The molecule has 7 nitrogen and oxygen atoms in total. The summed E-state index contributed by atoms with van der Waals surface area (Å²) in [5.41, 5.74) is 0.697. The lowest BCUT2D eigenvalue weighted by atomic mass is 10.2. The van der Waals surface area contributed by atoms with Crippen LogP contribution >= 0.6 is 24.0 Å². The summed E-state index contributed by atoms with van der Waals surface area (Å²) in [7, 11) is -3.74. The molecule has 0 aliphatic carbocycles. The fourth-order valence-electron chi connectivity index (χ4n) is 3.17. The number of nitrogens with zero attached hydrogens (tertiary/aromatic N) is 1. The molecule has 2 fully saturated rings. The van der Waals surface area contributed by atoms with Crippen molar-refractivity contribution in [3.05, 3.63) is 47.1 Å². The number of nitrogens with two attached hydrogens (primary N) is 1. The molecular formula is C19H18N2O5S3. The Morgan fingerprint density at radius 3 is 2.66 bits per heavy atom. The van der Waals surface area contributed by atoms with E-state index >= 15 is 0 Å². The highest BCUT2D eigenvalue weighted by molar-refractivity contribution is 8.26. The third-order valence-electron chi connectivity index (χ3n) is 4.65. The second-order valence-corrected chi connectivity index (χ2v) is 9.94. The summed E-state index contributed by atoms with van der Waals surface area (Å²) in [6.07, 6.45) is 3.63. The van der Waals surface area contributed by atoms with Crippen LogP contribution in [0.3, 0.4) is 0 Å². The van der Waals surface area contributed by atoms with E-state index in [1.54, 1.807) is 35.2 Å². The number of rotatable bonds is 5.